The van der Waals surface area contributed by atoms with Crippen LogP contribution in [0, 0.1) is 6.92 Å². The Labute approximate surface area is 175 Å². The molecule has 3 N–H and O–H groups in total. The van der Waals surface area contributed by atoms with E-state index in [1.807, 2.05) is 19.1 Å². The number of fused-ring (bicyclic) bond motifs is 1. The summed E-state index contributed by atoms with van der Waals surface area (Å²) in [6.07, 6.45) is 1.27. The van der Waals surface area contributed by atoms with Crippen molar-refractivity contribution in [1.29, 1.82) is 0 Å². The van der Waals surface area contributed by atoms with Gasteiger partial charge in [0.05, 0.1) is 12.3 Å². The van der Waals surface area contributed by atoms with Crippen molar-refractivity contribution in [2.24, 2.45) is 5.73 Å². The Morgan fingerprint density at radius 2 is 1.97 bits per heavy atom. The third-order valence-electron chi connectivity index (χ3n) is 4.05. The molecule has 0 saturated carbocycles. The second-order valence-corrected chi connectivity index (χ2v) is 7.09. The van der Waals surface area contributed by atoms with E-state index in [4.69, 9.17) is 15.2 Å². The highest BCUT2D eigenvalue weighted by Crippen LogP contribution is 2.30. The van der Waals surface area contributed by atoms with Gasteiger partial charge in [-0.25, -0.2) is 14.8 Å². The van der Waals surface area contributed by atoms with Gasteiger partial charge >= 0.3 is 6.09 Å². The van der Waals surface area contributed by atoms with Crippen LogP contribution in [0.5, 0.6) is 11.5 Å². The fraction of sp³-hybridized carbons (Fsp3) is 0.200. The minimum atomic E-state index is -0.944. The molecule has 1 aromatic heterocycles. The number of para-hydroxylation sites is 2. The van der Waals surface area contributed by atoms with Crippen LogP contribution in [0.15, 0.2) is 47.2 Å². The predicted molar refractivity (Wildman–Crippen MR) is 112 cm³/mol. The molecule has 2 amide bonds. The van der Waals surface area contributed by atoms with Gasteiger partial charge < -0.3 is 20.5 Å². The molecular formula is C20H19BrN4O4. The lowest BCUT2D eigenvalue weighted by Gasteiger charge is -2.11. The maximum absolute atomic E-state index is 12.2. The Hall–Kier alpha value is -3.20. The quantitative estimate of drug-likeness (QED) is 0.517. The zero-order valence-corrected chi connectivity index (χ0v) is 17.2. The molecule has 0 unspecified atom stereocenters. The number of aryl methyl sites for hydroxylation is 1. The van der Waals surface area contributed by atoms with E-state index in [1.54, 1.807) is 24.3 Å². The van der Waals surface area contributed by atoms with Gasteiger partial charge in [0, 0.05) is 22.0 Å². The molecule has 2 aromatic carbocycles. The van der Waals surface area contributed by atoms with Crippen molar-refractivity contribution in [3.63, 3.8) is 0 Å². The summed E-state index contributed by atoms with van der Waals surface area (Å²) in [7, 11) is 0. The standard InChI is InChI=1S/C20H19BrN4O4/c1-12-14-9-13(21)10-17(19(14)24-11-23-12)28-8-4-7-18(26)25-15-5-2-3-6-16(15)29-20(22)27/h2-3,5-6,9-11H,4,7-8H2,1H3,(H2,22,27)(H,25,26). The first-order valence-electron chi connectivity index (χ1n) is 8.84. The van der Waals surface area contributed by atoms with Crippen LogP contribution in [0.25, 0.3) is 10.9 Å². The van der Waals surface area contributed by atoms with E-state index in [-0.39, 0.29) is 18.1 Å². The van der Waals surface area contributed by atoms with Crippen LogP contribution < -0.4 is 20.5 Å². The molecular weight excluding hydrogens is 440 g/mol. The largest absolute Gasteiger partial charge is 0.491 e. The van der Waals surface area contributed by atoms with Crippen molar-refractivity contribution >= 4 is 44.5 Å². The number of aromatic nitrogens is 2. The molecule has 3 rings (SSSR count). The first-order chi connectivity index (χ1) is 13.9. The van der Waals surface area contributed by atoms with Gasteiger partial charge in [0.2, 0.25) is 5.91 Å². The molecule has 0 bridgehead atoms. The summed E-state index contributed by atoms with van der Waals surface area (Å²) >= 11 is 3.47. The van der Waals surface area contributed by atoms with E-state index >= 15 is 0 Å². The molecule has 29 heavy (non-hydrogen) atoms. The summed E-state index contributed by atoms with van der Waals surface area (Å²) in [5, 5.41) is 3.61. The van der Waals surface area contributed by atoms with Crippen LogP contribution in [0.3, 0.4) is 0 Å². The highest BCUT2D eigenvalue weighted by Gasteiger charge is 2.11. The average Bonchev–Trinajstić information content (AvgIpc) is 2.67. The van der Waals surface area contributed by atoms with Crippen LogP contribution in [0.2, 0.25) is 0 Å². The van der Waals surface area contributed by atoms with Crippen LogP contribution in [0.4, 0.5) is 10.5 Å². The summed E-state index contributed by atoms with van der Waals surface area (Å²) in [5.41, 5.74) is 6.99. The Balaban J connectivity index is 1.57. The number of anilines is 1. The van der Waals surface area contributed by atoms with Crippen LogP contribution in [0.1, 0.15) is 18.5 Å². The predicted octanol–water partition coefficient (Wildman–Crippen LogP) is 3.96. The topological polar surface area (TPSA) is 116 Å². The highest BCUT2D eigenvalue weighted by atomic mass is 79.9. The van der Waals surface area contributed by atoms with Crippen LogP contribution in [-0.2, 0) is 4.79 Å². The zero-order valence-electron chi connectivity index (χ0n) is 15.6. The molecule has 9 heteroatoms. The van der Waals surface area contributed by atoms with Gasteiger partial charge in [0.15, 0.2) is 5.75 Å². The number of ether oxygens (including phenoxy) is 2. The molecule has 0 aliphatic carbocycles. The molecule has 0 aliphatic rings. The number of amides is 2. The number of nitrogens with zero attached hydrogens (tertiary/aromatic N) is 2. The smallest absolute Gasteiger partial charge is 0.410 e. The summed E-state index contributed by atoms with van der Waals surface area (Å²) in [4.78, 5) is 31.6. The van der Waals surface area contributed by atoms with Gasteiger partial charge in [-0.2, -0.15) is 0 Å². The highest BCUT2D eigenvalue weighted by molar-refractivity contribution is 9.10. The number of benzene rings is 2. The lowest BCUT2D eigenvalue weighted by atomic mass is 10.2. The molecule has 0 atom stereocenters. The monoisotopic (exact) mass is 458 g/mol. The van der Waals surface area contributed by atoms with Gasteiger partial charge in [0.1, 0.15) is 17.6 Å². The normalized spacial score (nSPS) is 10.6. The number of carbonyl (C=O) groups is 2. The molecule has 0 aliphatic heterocycles. The van der Waals surface area contributed by atoms with Crippen LogP contribution in [-0.4, -0.2) is 28.6 Å². The first-order valence-corrected chi connectivity index (χ1v) is 9.63. The van der Waals surface area contributed by atoms with E-state index in [0.29, 0.717) is 24.5 Å². The number of primary amides is 1. The van der Waals surface area contributed by atoms with E-state index in [1.165, 1.54) is 6.33 Å². The minimum absolute atomic E-state index is 0.195. The Kier molecular flexibility index (Phi) is 6.61. The van der Waals surface area contributed by atoms with E-state index in [9.17, 15) is 9.59 Å². The van der Waals surface area contributed by atoms with E-state index < -0.39 is 6.09 Å². The summed E-state index contributed by atoms with van der Waals surface area (Å²) in [6, 6.07) is 10.3. The number of carbonyl (C=O) groups excluding carboxylic acids is 2. The van der Waals surface area contributed by atoms with Gasteiger partial charge in [0.25, 0.3) is 0 Å². The van der Waals surface area contributed by atoms with Crippen molar-refractivity contribution < 1.29 is 19.1 Å². The van der Waals surface area contributed by atoms with Gasteiger partial charge in [-0.05, 0) is 37.6 Å². The Morgan fingerprint density at radius 3 is 2.76 bits per heavy atom. The molecule has 8 nitrogen and oxygen atoms in total. The van der Waals surface area contributed by atoms with Crippen molar-refractivity contribution in [2.45, 2.75) is 19.8 Å². The number of rotatable bonds is 7. The van der Waals surface area contributed by atoms with Crippen molar-refractivity contribution in [3.05, 3.63) is 52.9 Å². The fourth-order valence-corrected chi connectivity index (χ4v) is 3.17. The molecule has 1 heterocycles. The van der Waals surface area contributed by atoms with Gasteiger partial charge in [-0.15, -0.1) is 0 Å². The molecule has 0 fully saturated rings. The fourth-order valence-electron chi connectivity index (χ4n) is 2.73. The lowest BCUT2D eigenvalue weighted by Crippen LogP contribution is -2.18. The van der Waals surface area contributed by atoms with Gasteiger partial charge in [-0.3, -0.25) is 4.79 Å². The molecule has 0 saturated heterocycles. The minimum Gasteiger partial charge on any atom is -0.491 e. The summed E-state index contributed by atoms with van der Waals surface area (Å²) in [6.45, 7) is 2.24. The van der Waals surface area contributed by atoms with E-state index in [2.05, 4.69) is 31.2 Å². The van der Waals surface area contributed by atoms with Crippen molar-refractivity contribution in [1.82, 2.24) is 9.97 Å². The summed E-state index contributed by atoms with van der Waals surface area (Å²) in [5.74, 6) is 0.590. The van der Waals surface area contributed by atoms with Gasteiger partial charge in [-0.1, -0.05) is 28.1 Å². The second-order valence-electron chi connectivity index (χ2n) is 6.18. The number of hydrogen-bond acceptors (Lipinski definition) is 6. The third kappa shape index (κ3) is 5.41. The van der Waals surface area contributed by atoms with Crippen molar-refractivity contribution in [3.8, 4) is 11.5 Å². The Morgan fingerprint density at radius 1 is 1.17 bits per heavy atom. The molecule has 0 radical (unpaired) electrons. The van der Waals surface area contributed by atoms with Crippen LogP contribution >= 0.6 is 15.9 Å². The molecule has 150 valence electrons. The average molecular weight is 459 g/mol. The maximum atomic E-state index is 12.2. The summed E-state index contributed by atoms with van der Waals surface area (Å²) < 4.78 is 11.6. The van der Waals surface area contributed by atoms with Crippen molar-refractivity contribution in [2.75, 3.05) is 11.9 Å². The number of halogens is 1. The lowest BCUT2D eigenvalue weighted by molar-refractivity contribution is -0.116. The zero-order chi connectivity index (χ0) is 20.8. The Bertz CT molecular complexity index is 1060. The second kappa shape index (κ2) is 9.33. The van der Waals surface area contributed by atoms with E-state index in [0.717, 1.165) is 21.1 Å². The molecule has 3 aromatic rings. The number of nitrogens with two attached hydrogens (primary N) is 1. The maximum Gasteiger partial charge on any atom is 0.410 e. The number of nitrogens with one attached hydrogen (secondary N) is 1. The third-order valence-corrected chi connectivity index (χ3v) is 4.50. The SMILES string of the molecule is Cc1ncnc2c(OCCCC(=O)Nc3ccccc3OC(N)=O)cc(Br)cc12. The molecule has 0 spiro atoms. The first kappa shape index (κ1) is 20.5. The number of hydrogen-bond donors (Lipinski definition) is 2.